The van der Waals surface area contributed by atoms with Crippen molar-refractivity contribution in [2.24, 2.45) is 5.92 Å². The Labute approximate surface area is 120 Å². The fraction of sp³-hybridized carbons (Fsp3) is 0.600. The third-order valence-electron chi connectivity index (χ3n) is 2.72. The maximum atomic E-state index is 8.75. The highest BCUT2D eigenvalue weighted by Gasteiger charge is 2.08. The van der Waals surface area contributed by atoms with Crippen LogP contribution in [0.5, 0.6) is 5.75 Å². The third-order valence-corrected chi connectivity index (χ3v) is 3.01. The Bertz CT molecular complexity index is 369. The number of hydrogen-bond acceptors (Lipinski definition) is 3. The first-order valence-corrected chi connectivity index (χ1v) is 7.24. The highest BCUT2D eigenvalue weighted by Crippen LogP contribution is 2.28. The van der Waals surface area contributed by atoms with Gasteiger partial charge >= 0.3 is 0 Å². The molecule has 0 heterocycles. The van der Waals surface area contributed by atoms with Crippen molar-refractivity contribution in [3.63, 3.8) is 0 Å². The molecule has 4 heteroatoms. The topological polar surface area (TPSA) is 41.5 Å². The Kier molecular flexibility index (Phi) is 7.87. The van der Waals surface area contributed by atoms with Crippen LogP contribution in [0, 0.1) is 5.92 Å². The lowest BCUT2D eigenvalue weighted by atomic mass is 10.1. The minimum Gasteiger partial charge on any atom is -0.492 e. The zero-order valence-corrected chi connectivity index (χ0v) is 12.5. The van der Waals surface area contributed by atoms with Crippen LogP contribution in [0.3, 0.4) is 0 Å². The van der Waals surface area contributed by atoms with Gasteiger partial charge in [0.2, 0.25) is 0 Å². The summed E-state index contributed by atoms with van der Waals surface area (Å²) in [5.41, 5.74) is 1.08. The minimum atomic E-state index is 0.203. The predicted octanol–water partition coefficient (Wildman–Crippen LogP) is 3.24. The molecule has 0 aliphatic rings. The molecule has 1 aromatic carbocycles. The predicted molar refractivity (Wildman–Crippen MR) is 79.8 cm³/mol. The molecule has 19 heavy (non-hydrogen) atoms. The molecule has 1 aromatic rings. The second-order valence-corrected chi connectivity index (χ2v) is 5.44. The molecule has 0 saturated carbocycles. The van der Waals surface area contributed by atoms with E-state index in [4.69, 9.17) is 21.4 Å². The maximum absolute atomic E-state index is 8.75. The quantitative estimate of drug-likeness (QED) is 0.685. The molecular formula is C15H24ClNO2. The molecule has 0 bridgehead atoms. The van der Waals surface area contributed by atoms with E-state index in [1.54, 1.807) is 0 Å². The molecule has 1 rings (SSSR count). The molecule has 0 fully saturated rings. The van der Waals surface area contributed by atoms with Gasteiger partial charge in [0.15, 0.2) is 0 Å². The summed E-state index contributed by atoms with van der Waals surface area (Å²) in [6.45, 7) is 6.87. The van der Waals surface area contributed by atoms with Crippen molar-refractivity contribution in [3.05, 3.63) is 28.8 Å². The van der Waals surface area contributed by atoms with Crippen molar-refractivity contribution in [1.82, 2.24) is 5.32 Å². The van der Waals surface area contributed by atoms with Gasteiger partial charge in [-0.25, -0.2) is 0 Å². The van der Waals surface area contributed by atoms with Gasteiger partial charge in [-0.05, 0) is 31.4 Å². The molecule has 2 N–H and O–H groups in total. The molecule has 0 saturated heterocycles. The molecule has 0 amide bonds. The number of aliphatic hydroxyl groups is 1. The number of rotatable bonds is 9. The first kappa shape index (κ1) is 16.3. The molecule has 0 aliphatic carbocycles. The molecule has 0 aromatic heterocycles. The van der Waals surface area contributed by atoms with Crippen LogP contribution in [0.2, 0.25) is 5.02 Å². The van der Waals surface area contributed by atoms with Crippen LogP contribution in [0.4, 0.5) is 0 Å². The fourth-order valence-corrected chi connectivity index (χ4v) is 1.99. The smallest absolute Gasteiger partial charge is 0.142 e. The second kappa shape index (κ2) is 9.18. The van der Waals surface area contributed by atoms with Gasteiger partial charge in [0.25, 0.3) is 0 Å². The monoisotopic (exact) mass is 285 g/mol. The van der Waals surface area contributed by atoms with Gasteiger partial charge in [-0.1, -0.05) is 37.6 Å². The van der Waals surface area contributed by atoms with Crippen LogP contribution >= 0.6 is 11.6 Å². The Balaban J connectivity index is 2.56. The SMILES string of the molecule is CC(C)CNCc1cccc(Cl)c1OCCCCO. The van der Waals surface area contributed by atoms with Crippen LogP contribution in [-0.2, 0) is 6.54 Å². The van der Waals surface area contributed by atoms with Crippen LogP contribution in [0.25, 0.3) is 0 Å². The van der Waals surface area contributed by atoms with E-state index in [1.165, 1.54) is 0 Å². The number of unbranched alkanes of at least 4 members (excludes halogenated alkanes) is 1. The zero-order chi connectivity index (χ0) is 14.1. The number of ether oxygens (including phenoxy) is 1. The van der Waals surface area contributed by atoms with E-state index in [0.29, 0.717) is 17.5 Å². The summed E-state index contributed by atoms with van der Waals surface area (Å²) in [4.78, 5) is 0. The van der Waals surface area contributed by atoms with Crippen molar-refractivity contribution >= 4 is 11.6 Å². The average molecular weight is 286 g/mol. The molecule has 108 valence electrons. The standard InChI is InChI=1S/C15H24ClNO2/c1-12(2)10-17-11-13-6-5-7-14(16)15(13)19-9-4-3-8-18/h5-7,12,17-18H,3-4,8-11H2,1-2H3. The highest BCUT2D eigenvalue weighted by atomic mass is 35.5. The summed E-state index contributed by atoms with van der Waals surface area (Å²) in [6, 6.07) is 5.81. The number of benzene rings is 1. The summed E-state index contributed by atoms with van der Waals surface area (Å²) in [6.07, 6.45) is 1.59. The third kappa shape index (κ3) is 6.28. The van der Waals surface area contributed by atoms with Crippen molar-refractivity contribution in [2.45, 2.75) is 33.2 Å². The Hall–Kier alpha value is -0.770. The number of para-hydroxylation sites is 1. The van der Waals surface area contributed by atoms with Crippen LogP contribution in [0.1, 0.15) is 32.3 Å². The largest absolute Gasteiger partial charge is 0.492 e. The van der Waals surface area contributed by atoms with Crippen molar-refractivity contribution in [2.75, 3.05) is 19.8 Å². The van der Waals surface area contributed by atoms with Gasteiger partial charge in [0, 0.05) is 18.7 Å². The fourth-order valence-electron chi connectivity index (χ4n) is 1.74. The van der Waals surface area contributed by atoms with Gasteiger partial charge in [-0.15, -0.1) is 0 Å². The molecule has 0 spiro atoms. The van der Waals surface area contributed by atoms with Crippen LogP contribution in [-0.4, -0.2) is 24.9 Å². The lowest BCUT2D eigenvalue weighted by Gasteiger charge is -2.14. The van der Waals surface area contributed by atoms with E-state index in [2.05, 4.69) is 19.2 Å². The number of nitrogens with one attached hydrogen (secondary N) is 1. The molecule has 0 unspecified atom stereocenters. The molecule has 3 nitrogen and oxygen atoms in total. The summed E-state index contributed by atoms with van der Waals surface area (Å²) < 4.78 is 5.74. The second-order valence-electron chi connectivity index (χ2n) is 5.03. The first-order chi connectivity index (χ1) is 9.15. The van der Waals surface area contributed by atoms with E-state index in [9.17, 15) is 0 Å². The van der Waals surface area contributed by atoms with E-state index in [1.807, 2.05) is 18.2 Å². The van der Waals surface area contributed by atoms with Crippen LogP contribution < -0.4 is 10.1 Å². The van der Waals surface area contributed by atoms with Gasteiger partial charge in [-0.3, -0.25) is 0 Å². The molecular weight excluding hydrogens is 262 g/mol. The van der Waals surface area contributed by atoms with Crippen LogP contribution in [0.15, 0.2) is 18.2 Å². The summed E-state index contributed by atoms with van der Waals surface area (Å²) in [7, 11) is 0. The van der Waals surface area contributed by atoms with E-state index in [-0.39, 0.29) is 6.61 Å². The lowest BCUT2D eigenvalue weighted by molar-refractivity contribution is 0.252. The highest BCUT2D eigenvalue weighted by molar-refractivity contribution is 6.32. The average Bonchev–Trinajstić information content (AvgIpc) is 2.36. The van der Waals surface area contributed by atoms with Gasteiger partial charge in [0.1, 0.15) is 5.75 Å². The number of hydrogen-bond donors (Lipinski definition) is 2. The summed E-state index contributed by atoms with van der Waals surface area (Å²) >= 11 is 6.18. The first-order valence-electron chi connectivity index (χ1n) is 6.87. The van der Waals surface area contributed by atoms with E-state index in [0.717, 1.165) is 37.2 Å². The number of aliphatic hydroxyl groups excluding tert-OH is 1. The van der Waals surface area contributed by atoms with Gasteiger partial charge < -0.3 is 15.2 Å². The van der Waals surface area contributed by atoms with Crippen molar-refractivity contribution in [3.8, 4) is 5.75 Å². The molecule has 0 radical (unpaired) electrons. The van der Waals surface area contributed by atoms with E-state index < -0.39 is 0 Å². The van der Waals surface area contributed by atoms with Crippen molar-refractivity contribution in [1.29, 1.82) is 0 Å². The summed E-state index contributed by atoms with van der Waals surface area (Å²) in [5, 5.41) is 12.8. The summed E-state index contributed by atoms with van der Waals surface area (Å²) in [5.74, 6) is 1.38. The zero-order valence-electron chi connectivity index (χ0n) is 11.8. The van der Waals surface area contributed by atoms with Gasteiger partial charge in [-0.2, -0.15) is 0 Å². The maximum Gasteiger partial charge on any atom is 0.142 e. The molecule has 0 atom stereocenters. The minimum absolute atomic E-state index is 0.203. The Morgan fingerprint density at radius 2 is 2.11 bits per heavy atom. The Morgan fingerprint density at radius 3 is 2.79 bits per heavy atom. The Morgan fingerprint density at radius 1 is 1.32 bits per heavy atom. The number of halogens is 1. The van der Waals surface area contributed by atoms with E-state index >= 15 is 0 Å². The lowest BCUT2D eigenvalue weighted by Crippen LogP contribution is -2.19. The molecule has 0 aliphatic heterocycles. The van der Waals surface area contributed by atoms with Gasteiger partial charge in [0.05, 0.1) is 11.6 Å². The van der Waals surface area contributed by atoms with Crippen molar-refractivity contribution < 1.29 is 9.84 Å². The normalized spacial score (nSPS) is 11.0.